The van der Waals surface area contributed by atoms with E-state index in [0.29, 0.717) is 35.6 Å². The number of hydrogen-bond acceptors (Lipinski definition) is 5. The molecular weight excluding hydrogens is 378 g/mol. The Balaban J connectivity index is 1.55. The molecule has 1 aliphatic rings. The Morgan fingerprint density at radius 3 is 2.79 bits per heavy atom. The SMILES string of the molecule is Cc1nc2ccccn2c1C(=O)C1CC(C(=O)Nc2ccncc2)CC(Cl)N1. The van der Waals surface area contributed by atoms with Crippen LogP contribution in [0.2, 0.25) is 0 Å². The number of imidazole rings is 1. The van der Waals surface area contributed by atoms with Gasteiger partial charge in [0.25, 0.3) is 0 Å². The summed E-state index contributed by atoms with van der Waals surface area (Å²) in [6.07, 6.45) is 5.87. The highest BCUT2D eigenvalue weighted by molar-refractivity contribution is 6.21. The first kappa shape index (κ1) is 18.6. The zero-order valence-electron chi connectivity index (χ0n) is 15.3. The van der Waals surface area contributed by atoms with Gasteiger partial charge in [0.1, 0.15) is 11.3 Å². The molecule has 144 valence electrons. The van der Waals surface area contributed by atoms with Crippen LogP contribution in [0.5, 0.6) is 0 Å². The predicted octanol–water partition coefficient (Wildman–Crippen LogP) is 2.79. The normalized spacial score (nSPS) is 22.1. The van der Waals surface area contributed by atoms with Crippen molar-refractivity contribution in [2.24, 2.45) is 5.92 Å². The number of hydrogen-bond donors (Lipinski definition) is 2. The summed E-state index contributed by atoms with van der Waals surface area (Å²) in [7, 11) is 0. The van der Waals surface area contributed by atoms with E-state index >= 15 is 0 Å². The minimum atomic E-state index is -0.553. The summed E-state index contributed by atoms with van der Waals surface area (Å²) >= 11 is 6.34. The maximum atomic E-state index is 13.2. The lowest BCUT2D eigenvalue weighted by molar-refractivity contribution is -0.120. The molecule has 4 rings (SSSR count). The van der Waals surface area contributed by atoms with Crippen LogP contribution in [-0.2, 0) is 4.79 Å². The van der Waals surface area contributed by atoms with Gasteiger partial charge in [0.15, 0.2) is 5.78 Å². The molecule has 28 heavy (non-hydrogen) atoms. The second kappa shape index (κ2) is 7.69. The van der Waals surface area contributed by atoms with E-state index in [0.717, 1.165) is 0 Å². The Morgan fingerprint density at radius 1 is 1.21 bits per heavy atom. The van der Waals surface area contributed by atoms with Crippen LogP contribution < -0.4 is 10.6 Å². The average Bonchev–Trinajstić information content (AvgIpc) is 3.03. The van der Waals surface area contributed by atoms with Crippen LogP contribution in [0.15, 0.2) is 48.9 Å². The van der Waals surface area contributed by atoms with Gasteiger partial charge in [-0.3, -0.25) is 24.3 Å². The number of fused-ring (bicyclic) bond motifs is 1. The van der Waals surface area contributed by atoms with Crippen molar-refractivity contribution < 1.29 is 9.59 Å². The quantitative estimate of drug-likeness (QED) is 0.401. The molecule has 2 N–H and O–H groups in total. The Bertz CT molecular complexity index is 1020. The summed E-state index contributed by atoms with van der Waals surface area (Å²) in [5.74, 6) is -0.625. The topological polar surface area (TPSA) is 88.4 Å². The van der Waals surface area contributed by atoms with Gasteiger partial charge in [0.2, 0.25) is 5.91 Å². The second-order valence-corrected chi connectivity index (χ2v) is 7.45. The number of nitrogens with one attached hydrogen (secondary N) is 2. The van der Waals surface area contributed by atoms with Crippen LogP contribution in [0.25, 0.3) is 5.65 Å². The molecule has 3 aromatic heterocycles. The molecule has 3 atom stereocenters. The first-order valence-electron chi connectivity index (χ1n) is 9.12. The van der Waals surface area contributed by atoms with Crippen LogP contribution in [0, 0.1) is 12.8 Å². The minimum Gasteiger partial charge on any atom is -0.326 e. The molecule has 0 radical (unpaired) electrons. The number of alkyl halides is 1. The van der Waals surface area contributed by atoms with Gasteiger partial charge in [-0.2, -0.15) is 0 Å². The first-order chi connectivity index (χ1) is 13.5. The van der Waals surface area contributed by atoms with Crippen LogP contribution in [-0.4, -0.2) is 37.6 Å². The van der Waals surface area contributed by atoms with Crippen molar-refractivity contribution in [1.29, 1.82) is 0 Å². The van der Waals surface area contributed by atoms with E-state index in [2.05, 4.69) is 20.6 Å². The summed E-state index contributed by atoms with van der Waals surface area (Å²) in [5, 5.41) is 6.00. The molecule has 4 heterocycles. The number of ketones is 1. The molecule has 1 saturated heterocycles. The first-order valence-corrected chi connectivity index (χ1v) is 9.55. The minimum absolute atomic E-state index is 0.108. The fourth-order valence-electron chi connectivity index (χ4n) is 3.64. The Hall–Kier alpha value is -2.77. The highest BCUT2D eigenvalue weighted by Crippen LogP contribution is 2.26. The highest BCUT2D eigenvalue weighted by Gasteiger charge is 2.36. The van der Waals surface area contributed by atoms with Gasteiger partial charge in [0.05, 0.1) is 17.2 Å². The summed E-state index contributed by atoms with van der Waals surface area (Å²) in [4.78, 5) is 34.3. The third kappa shape index (κ3) is 3.63. The second-order valence-electron chi connectivity index (χ2n) is 6.92. The molecule has 3 aromatic rings. The molecule has 0 aliphatic carbocycles. The van der Waals surface area contributed by atoms with Gasteiger partial charge in [0, 0.05) is 30.2 Å². The average molecular weight is 398 g/mol. The smallest absolute Gasteiger partial charge is 0.227 e. The molecular formula is C20H20ClN5O2. The number of rotatable bonds is 4. The number of Topliss-reactive ketones (excluding diaryl/α,β-unsaturated/α-hetero) is 1. The fraction of sp³-hybridized carbons (Fsp3) is 0.300. The summed E-state index contributed by atoms with van der Waals surface area (Å²) in [6.45, 7) is 1.81. The van der Waals surface area contributed by atoms with Gasteiger partial charge in [-0.25, -0.2) is 4.98 Å². The van der Waals surface area contributed by atoms with E-state index < -0.39 is 11.5 Å². The van der Waals surface area contributed by atoms with Crippen LogP contribution >= 0.6 is 11.6 Å². The lowest BCUT2D eigenvalue weighted by Gasteiger charge is -2.32. The van der Waals surface area contributed by atoms with Crippen molar-refractivity contribution in [3.63, 3.8) is 0 Å². The van der Waals surface area contributed by atoms with Gasteiger partial charge in [-0.15, -0.1) is 11.6 Å². The number of amides is 1. The third-order valence-electron chi connectivity index (χ3n) is 4.97. The summed E-state index contributed by atoms with van der Waals surface area (Å²) in [6, 6.07) is 8.48. The number of nitrogens with zero attached hydrogens (tertiary/aromatic N) is 3. The molecule has 3 unspecified atom stereocenters. The summed E-state index contributed by atoms with van der Waals surface area (Å²) < 4.78 is 1.78. The monoisotopic (exact) mass is 397 g/mol. The van der Waals surface area contributed by atoms with Crippen molar-refractivity contribution in [1.82, 2.24) is 19.7 Å². The maximum absolute atomic E-state index is 13.2. The van der Waals surface area contributed by atoms with Crippen molar-refractivity contribution in [3.8, 4) is 0 Å². The van der Waals surface area contributed by atoms with Gasteiger partial charge in [-0.05, 0) is 44.0 Å². The molecule has 1 fully saturated rings. The number of aromatic nitrogens is 3. The number of piperidine rings is 1. The summed E-state index contributed by atoms with van der Waals surface area (Å²) in [5.41, 5.74) is 2.11. The number of anilines is 1. The number of pyridine rings is 2. The fourth-order valence-corrected chi connectivity index (χ4v) is 4.00. The van der Waals surface area contributed by atoms with Crippen molar-refractivity contribution >= 4 is 34.6 Å². The number of carbonyl (C=O) groups excluding carboxylic acids is 2. The zero-order chi connectivity index (χ0) is 19.7. The van der Waals surface area contributed by atoms with E-state index in [1.807, 2.05) is 31.3 Å². The maximum Gasteiger partial charge on any atom is 0.227 e. The van der Waals surface area contributed by atoms with Crippen LogP contribution in [0.4, 0.5) is 5.69 Å². The van der Waals surface area contributed by atoms with E-state index in [9.17, 15) is 9.59 Å². The Labute approximate surface area is 167 Å². The lowest BCUT2D eigenvalue weighted by Crippen LogP contribution is -2.50. The standard InChI is InChI=1S/C20H20ClN5O2/c1-12-18(26-9-3-2-4-17(26)23-12)19(27)15-10-13(11-16(21)25-15)20(28)24-14-5-7-22-8-6-14/h2-9,13,15-16,25H,10-11H2,1H3,(H,22,24,28). The Kier molecular flexibility index (Phi) is 5.11. The largest absolute Gasteiger partial charge is 0.326 e. The highest BCUT2D eigenvalue weighted by atomic mass is 35.5. The number of halogens is 1. The van der Waals surface area contributed by atoms with Gasteiger partial charge in [-0.1, -0.05) is 6.07 Å². The van der Waals surface area contributed by atoms with Crippen LogP contribution in [0.3, 0.4) is 0 Å². The number of aryl methyl sites for hydroxylation is 1. The molecule has 0 aromatic carbocycles. The van der Waals surface area contributed by atoms with E-state index in [1.54, 1.807) is 28.9 Å². The van der Waals surface area contributed by atoms with E-state index in [4.69, 9.17) is 11.6 Å². The van der Waals surface area contributed by atoms with Gasteiger partial charge >= 0.3 is 0 Å². The van der Waals surface area contributed by atoms with Crippen molar-refractivity contribution in [2.75, 3.05) is 5.32 Å². The molecule has 0 spiro atoms. The zero-order valence-corrected chi connectivity index (χ0v) is 16.1. The van der Waals surface area contributed by atoms with E-state index in [-0.39, 0.29) is 17.6 Å². The predicted molar refractivity (Wildman–Crippen MR) is 106 cm³/mol. The Morgan fingerprint density at radius 2 is 2.00 bits per heavy atom. The van der Waals surface area contributed by atoms with E-state index in [1.165, 1.54) is 0 Å². The molecule has 1 amide bonds. The van der Waals surface area contributed by atoms with Crippen LogP contribution in [0.1, 0.15) is 29.0 Å². The number of carbonyl (C=O) groups is 2. The third-order valence-corrected chi connectivity index (χ3v) is 5.27. The molecule has 0 bridgehead atoms. The van der Waals surface area contributed by atoms with Gasteiger partial charge < -0.3 is 5.32 Å². The van der Waals surface area contributed by atoms with Crippen molar-refractivity contribution in [3.05, 3.63) is 60.3 Å². The molecule has 1 aliphatic heterocycles. The molecule has 0 saturated carbocycles. The molecule has 7 nitrogen and oxygen atoms in total. The lowest BCUT2D eigenvalue weighted by atomic mass is 9.88. The van der Waals surface area contributed by atoms with Crippen molar-refractivity contribution in [2.45, 2.75) is 31.3 Å². The molecule has 8 heteroatoms.